The van der Waals surface area contributed by atoms with Crippen LogP contribution in [0, 0.1) is 6.92 Å². The third kappa shape index (κ3) is 1.98. The van der Waals surface area contributed by atoms with E-state index in [1.165, 1.54) is 0 Å². The maximum absolute atomic E-state index is 5.35. The minimum atomic E-state index is 0.382. The lowest BCUT2D eigenvalue weighted by atomic mass is 9.98. The quantitative estimate of drug-likeness (QED) is 0.860. The van der Waals surface area contributed by atoms with Gasteiger partial charge < -0.3 is 14.3 Å². The maximum atomic E-state index is 5.35. The highest BCUT2D eigenvalue weighted by molar-refractivity contribution is 5.51. The Hall–Kier alpha value is -1.62. The predicted octanol–water partition coefficient (Wildman–Crippen LogP) is 2.11. The van der Waals surface area contributed by atoms with Gasteiger partial charge in [0.15, 0.2) is 5.76 Å². The Morgan fingerprint density at radius 1 is 1.35 bits per heavy atom. The van der Waals surface area contributed by atoms with Crippen molar-refractivity contribution in [2.75, 3.05) is 13.1 Å². The van der Waals surface area contributed by atoms with E-state index < -0.39 is 0 Å². The van der Waals surface area contributed by atoms with Crippen molar-refractivity contribution in [3.8, 4) is 11.6 Å². The summed E-state index contributed by atoms with van der Waals surface area (Å²) < 4.78 is 10.7. The van der Waals surface area contributed by atoms with Gasteiger partial charge in [0.2, 0.25) is 11.7 Å². The number of furan rings is 1. The van der Waals surface area contributed by atoms with E-state index in [1.54, 1.807) is 6.26 Å². The standard InChI is InChI=1S/C12H15N3O2/c1-8-4-7-16-10(8)11-14-12(17-15-11)9-2-5-13-6-3-9/h4,7,9,13H,2-3,5-6H2,1H3. The summed E-state index contributed by atoms with van der Waals surface area (Å²) >= 11 is 0. The number of aryl methyl sites for hydroxylation is 1. The molecule has 0 bridgehead atoms. The van der Waals surface area contributed by atoms with Gasteiger partial charge in [-0.1, -0.05) is 5.16 Å². The molecule has 2 aromatic rings. The smallest absolute Gasteiger partial charge is 0.238 e. The van der Waals surface area contributed by atoms with E-state index in [0.29, 0.717) is 17.5 Å². The van der Waals surface area contributed by atoms with Crippen molar-refractivity contribution in [3.05, 3.63) is 23.8 Å². The number of nitrogens with zero attached hydrogens (tertiary/aromatic N) is 2. The van der Waals surface area contributed by atoms with Crippen LogP contribution in [0.3, 0.4) is 0 Å². The molecule has 0 amide bonds. The minimum absolute atomic E-state index is 0.382. The SMILES string of the molecule is Cc1ccoc1-c1noc(C2CCNCC2)n1. The fraction of sp³-hybridized carbons (Fsp3) is 0.500. The molecule has 1 saturated heterocycles. The lowest BCUT2D eigenvalue weighted by Crippen LogP contribution is -2.26. The Morgan fingerprint density at radius 3 is 2.88 bits per heavy atom. The van der Waals surface area contributed by atoms with Crippen LogP contribution in [0.4, 0.5) is 0 Å². The molecule has 5 heteroatoms. The van der Waals surface area contributed by atoms with Crippen molar-refractivity contribution in [3.63, 3.8) is 0 Å². The zero-order valence-corrected chi connectivity index (χ0v) is 9.77. The number of piperidine rings is 1. The van der Waals surface area contributed by atoms with Gasteiger partial charge in [-0.25, -0.2) is 0 Å². The van der Waals surface area contributed by atoms with Gasteiger partial charge in [0.05, 0.1) is 6.26 Å². The Balaban J connectivity index is 1.85. The molecule has 0 saturated carbocycles. The van der Waals surface area contributed by atoms with Gasteiger partial charge in [-0.3, -0.25) is 0 Å². The lowest BCUT2D eigenvalue weighted by molar-refractivity contribution is 0.320. The number of rotatable bonds is 2. The van der Waals surface area contributed by atoms with Crippen molar-refractivity contribution in [2.45, 2.75) is 25.7 Å². The normalized spacial score (nSPS) is 17.5. The topological polar surface area (TPSA) is 64.1 Å². The van der Waals surface area contributed by atoms with Gasteiger partial charge >= 0.3 is 0 Å². The highest BCUT2D eigenvalue weighted by Gasteiger charge is 2.22. The van der Waals surface area contributed by atoms with Crippen molar-refractivity contribution in [1.29, 1.82) is 0 Å². The molecule has 0 radical (unpaired) electrons. The lowest BCUT2D eigenvalue weighted by Gasteiger charge is -2.18. The molecule has 1 aliphatic heterocycles. The van der Waals surface area contributed by atoms with Gasteiger partial charge in [-0.2, -0.15) is 4.98 Å². The number of aromatic nitrogens is 2. The van der Waals surface area contributed by atoms with E-state index in [-0.39, 0.29) is 0 Å². The minimum Gasteiger partial charge on any atom is -0.461 e. The molecule has 17 heavy (non-hydrogen) atoms. The Bertz CT molecular complexity index is 497. The van der Waals surface area contributed by atoms with Crippen LogP contribution in [-0.4, -0.2) is 23.2 Å². The van der Waals surface area contributed by atoms with Crippen LogP contribution in [0.5, 0.6) is 0 Å². The fourth-order valence-corrected chi connectivity index (χ4v) is 2.16. The molecule has 0 spiro atoms. The first-order valence-corrected chi connectivity index (χ1v) is 5.93. The van der Waals surface area contributed by atoms with E-state index in [9.17, 15) is 0 Å². The van der Waals surface area contributed by atoms with Crippen LogP contribution in [0.2, 0.25) is 0 Å². The molecule has 90 valence electrons. The monoisotopic (exact) mass is 233 g/mol. The van der Waals surface area contributed by atoms with Gasteiger partial charge in [0.25, 0.3) is 0 Å². The molecular weight excluding hydrogens is 218 g/mol. The Kier molecular flexibility index (Phi) is 2.68. The average Bonchev–Trinajstić information content (AvgIpc) is 2.98. The number of hydrogen-bond donors (Lipinski definition) is 1. The highest BCUT2D eigenvalue weighted by Crippen LogP contribution is 2.27. The molecule has 1 fully saturated rings. The molecule has 5 nitrogen and oxygen atoms in total. The summed E-state index contributed by atoms with van der Waals surface area (Å²) in [6.45, 7) is 4.00. The number of nitrogens with one attached hydrogen (secondary N) is 1. The second-order valence-electron chi connectivity index (χ2n) is 4.41. The van der Waals surface area contributed by atoms with Crippen molar-refractivity contribution >= 4 is 0 Å². The van der Waals surface area contributed by atoms with Crippen molar-refractivity contribution in [1.82, 2.24) is 15.5 Å². The van der Waals surface area contributed by atoms with E-state index >= 15 is 0 Å². The average molecular weight is 233 g/mol. The predicted molar refractivity (Wildman–Crippen MR) is 61.6 cm³/mol. The van der Waals surface area contributed by atoms with E-state index in [4.69, 9.17) is 8.94 Å². The van der Waals surface area contributed by atoms with Gasteiger partial charge in [0.1, 0.15) is 0 Å². The first-order chi connectivity index (χ1) is 8.34. The van der Waals surface area contributed by atoms with Crippen LogP contribution < -0.4 is 5.32 Å². The number of hydrogen-bond acceptors (Lipinski definition) is 5. The second kappa shape index (κ2) is 4.33. The second-order valence-corrected chi connectivity index (χ2v) is 4.41. The molecule has 1 N–H and O–H groups in total. The van der Waals surface area contributed by atoms with Crippen LogP contribution in [0.1, 0.15) is 30.2 Å². The van der Waals surface area contributed by atoms with E-state index in [2.05, 4.69) is 15.5 Å². The third-order valence-corrected chi connectivity index (χ3v) is 3.20. The maximum Gasteiger partial charge on any atom is 0.238 e. The summed E-state index contributed by atoms with van der Waals surface area (Å²) in [5, 5.41) is 7.31. The summed E-state index contributed by atoms with van der Waals surface area (Å²) in [5.41, 5.74) is 1.03. The fourth-order valence-electron chi connectivity index (χ4n) is 2.16. The zero-order chi connectivity index (χ0) is 11.7. The molecule has 0 atom stereocenters. The molecule has 0 aromatic carbocycles. The summed E-state index contributed by atoms with van der Waals surface area (Å²) in [6, 6.07) is 1.90. The van der Waals surface area contributed by atoms with Gasteiger partial charge in [-0.05, 0) is 44.5 Å². The van der Waals surface area contributed by atoms with E-state index in [1.807, 2.05) is 13.0 Å². The zero-order valence-electron chi connectivity index (χ0n) is 9.77. The van der Waals surface area contributed by atoms with E-state index in [0.717, 1.165) is 37.4 Å². The molecule has 0 aliphatic carbocycles. The first-order valence-electron chi connectivity index (χ1n) is 5.93. The molecule has 3 rings (SSSR count). The molecule has 3 heterocycles. The Labute approximate surface area is 99.2 Å². The molecule has 2 aromatic heterocycles. The largest absolute Gasteiger partial charge is 0.461 e. The van der Waals surface area contributed by atoms with Crippen LogP contribution in [0.15, 0.2) is 21.3 Å². The first kappa shape index (κ1) is 10.5. The summed E-state index contributed by atoms with van der Waals surface area (Å²) in [7, 11) is 0. The van der Waals surface area contributed by atoms with Gasteiger partial charge in [0, 0.05) is 5.92 Å². The molecule has 1 aliphatic rings. The van der Waals surface area contributed by atoms with Gasteiger partial charge in [-0.15, -0.1) is 0 Å². The molecule has 0 unspecified atom stereocenters. The highest BCUT2D eigenvalue weighted by atomic mass is 16.5. The third-order valence-electron chi connectivity index (χ3n) is 3.20. The van der Waals surface area contributed by atoms with Crippen LogP contribution in [0.25, 0.3) is 11.6 Å². The van der Waals surface area contributed by atoms with Crippen LogP contribution >= 0.6 is 0 Å². The molecular formula is C12H15N3O2. The van der Waals surface area contributed by atoms with Crippen LogP contribution in [-0.2, 0) is 0 Å². The summed E-state index contributed by atoms with van der Waals surface area (Å²) in [5.74, 6) is 2.38. The van der Waals surface area contributed by atoms with Crippen molar-refractivity contribution in [2.24, 2.45) is 0 Å². The Morgan fingerprint density at radius 2 is 2.18 bits per heavy atom. The summed E-state index contributed by atoms with van der Waals surface area (Å²) in [6.07, 6.45) is 3.75. The van der Waals surface area contributed by atoms with Crippen molar-refractivity contribution < 1.29 is 8.94 Å². The summed E-state index contributed by atoms with van der Waals surface area (Å²) in [4.78, 5) is 4.44.